The molecule has 1 unspecified atom stereocenters. The topological polar surface area (TPSA) is 72.2 Å². The highest BCUT2D eigenvalue weighted by atomic mass is 16.2. The maximum absolute atomic E-state index is 11.0. The summed E-state index contributed by atoms with van der Waals surface area (Å²) in [6.45, 7) is 5.48. The predicted molar refractivity (Wildman–Crippen MR) is 46.2 cm³/mol. The Balaban J connectivity index is 3.68. The smallest absolute Gasteiger partial charge is 0.221 e. The van der Waals surface area contributed by atoms with Gasteiger partial charge in [0.15, 0.2) is 0 Å². The summed E-state index contributed by atoms with van der Waals surface area (Å²) in [5, 5.41) is 2.55. The minimum absolute atomic E-state index is 0.142. The van der Waals surface area contributed by atoms with Crippen LogP contribution in [0.25, 0.3) is 0 Å². The molecule has 0 saturated carbocycles. The second kappa shape index (κ2) is 5.35. The zero-order chi connectivity index (χ0) is 9.56. The summed E-state index contributed by atoms with van der Waals surface area (Å²) in [4.78, 5) is 21.5. The van der Waals surface area contributed by atoms with Gasteiger partial charge >= 0.3 is 0 Å². The molecule has 0 bridgehead atoms. The van der Waals surface area contributed by atoms with Crippen molar-refractivity contribution in [2.75, 3.05) is 6.54 Å². The first-order valence-corrected chi connectivity index (χ1v) is 3.74. The van der Waals surface area contributed by atoms with Crippen LogP contribution in [0.4, 0.5) is 0 Å². The number of carbonyl (C=O) groups is 2. The Morgan fingerprint density at radius 1 is 1.67 bits per heavy atom. The van der Waals surface area contributed by atoms with E-state index in [0.29, 0.717) is 6.54 Å². The monoisotopic (exact) mass is 170 g/mol. The van der Waals surface area contributed by atoms with Gasteiger partial charge in [-0.05, 0) is 0 Å². The second-order valence-electron chi connectivity index (χ2n) is 2.60. The van der Waals surface area contributed by atoms with E-state index in [1.807, 2.05) is 0 Å². The highest BCUT2D eigenvalue weighted by Gasteiger charge is 2.12. The Morgan fingerprint density at radius 3 is 2.67 bits per heavy atom. The van der Waals surface area contributed by atoms with Crippen LogP contribution >= 0.6 is 0 Å². The summed E-state index contributed by atoms with van der Waals surface area (Å²) in [6, 6.07) is 0. The lowest BCUT2D eigenvalue weighted by molar-refractivity contribution is -0.127. The third-order valence-electron chi connectivity index (χ3n) is 1.42. The van der Waals surface area contributed by atoms with Gasteiger partial charge in [-0.1, -0.05) is 13.0 Å². The summed E-state index contributed by atoms with van der Waals surface area (Å²) in [5.41, 5.74) is 4.97. The molecule has 0 rings (SSSR count). The van der Waals surface area contributed by atoms with Crippen LogP contribution in [0.2, 0.25) is 0 Å². The van der Waals surface area contributed by atoms with Gasteiger partial charge in [-0.3, -0.25) is 9.59 Å². The third kappa shape index (κ3) is 4.49. The zero-order valence-electron chi connectivity index (χ0n) is 7.17. The quantitative estimate of drug-likeness (QED) is 0.561. The highest BCUT2D eigenvalue weighted by Crippen LogP contribution is 1.98. The molecular weight excluding hydrogens is 156 g/mol. The minimum Gasteiger partial charge on any atom is -0.369 e. The van der Waals surface area contributed by atoms with E-state index in [2.05, 4.69) is 11.9 Å². The first kappa shape index (κ1) is 10.7. The molecule has 1 atom stereocenters. The number of rotatable bonds is 5. The van der Waals surface area contributed by atoms with Crippen molar-refractivity contribution in [3.05, 3.63) is 12.7 Å². The van der Waals surface area contributed by atoms with Crippen LogP contribution < -0.4 is 11.1 Å². The molecule has 12 heavy (non-hydrogen) atoms. The average molecular weight is 170 g/mol. The molecule has 4 heteroatoms. The summed E-state index contributed by atoms with van der Waals surface area (Å²) in [5.74, 6) is -1.04. The van der Waals surface area contributed by atoms with Crippen molar-refractivity contribution in [3.63, 3.8) is 0 Å². The Morgan fingerprint density at radius 2 is 2.25 bits per heavy atom. The van der Waals surface area contributed by atoms with Crippen molar-refractivity contribution in [2.45, 2.75) is 13.3 Å². The maximum Gasteiger partial charge on any atom is 0.221 e. The van der Waals surface area contributed by atoms with Crippen molar-refractivity contribution >= 4 is 11.8 Å². The number of amides is 2. The molecule has 0 radical (unpaired) electrons. The van der Waals surface area contributed by atoms with Crippen molar-refractivity contribution < 1.29 is 9.59 Å². The molecule has 0 aliphatic heterocycles. The SMILES string of the molecule is C=CCNC(=O)CC(C)C(N)=O. The van der Waals surface area contributed by atoms with Crippen LogP contribution in [0.3, 0.4) is 0 Å². The van der Waals surface area contributed by atoms with Gasteiger partial charge in [0.2, 0.25) is 11.8 Å². The lowest BCUT2D eigenvalue weighted by Crippen LogP contribution is -2.29. The molecule has 0 aromatic carbocycles. The fourth-order valence-electron chi connectivity index (χ4n) is 0.637. The predicted octanol–water partition coefficient (Wildman–Crippen LogP) is -0.200. The lowest BCUT2D eigenvalue weighted by Gasteiger charge is -2.05. The molecule has 0 spiro atoms. The Bertz CT molecular complexity index is 189. The van der Waals surface area contributed by atoms with Crippen LogP contribution in [-0.2, 0) is 9.59 Å². The second-order valence-corrected chi connectivity index (χ2v) is 2.60. The first-order chi connectivity index (χ1) is 5.57. The number of primary amides is 1. The van der Waals surface area contributed by atoms with E-state index in [9.17, 15) is 9.59 Å². The van der Waals surface area contributed by atoms with Crippen molar-refractivity contribution in [1.82, 2.24) is 5.32 Å². The van der Waals surface area contributed by atoms with Gasteiger partial charge < -0.3 is 11.1 Å². The van der Waals surface area contributed by atoms with Crippen LogP contribution in [0.15, 0.2) is 12.7 Å². The van der Waals surface area contributed by atoms with Crippen LogP contribution in [-0.4, -0.2) is 18.4 Å². The number of hydrogen-bond donors (Lipinski definition) is 2. The largest absolute Gasteiger partial charge is 0.369 e. The van der Waals surface area contributed by atoms with E-state index >= 15 is 0 Å². The summed E-state index contributed by atoms with van der Waals surface area (Å²) >= 11 is 0. The standard InChI is InChI=1S/C8H14N2O2/c1-3-4-10-7(11)5-6(2)8(9)12/h3,6H,1,4-5H2,2H3,(H2,9,12)(H,10,11). The summed E-state index contributed by atoms with van der Waals surface area (Å²) in [7, 11) is 0. The van der Waals surface area contributed by atoms with Crippen LogP contribution in [0, 0.1) is 5.92 Å². The number of carbonyl (C=O) groups excluding carboxylic acids is 2. The molecule has 0 aliphatic carbocycles. The van der Waals surface area contributed by atoms with Gasteiger partial charge in [0.1, 0.15) is 0 Å². The van der Waals surface area contributed by atoms with Gasteiger partial charge in [0.25, 0.3) is 0 Å². The Kier molecular flexibility index (Phi) is 4.76. The van der Waals surface area contributed by atoms with Crippen LogP contribution in [0.1, 0.15) is 13.3 Å². The Hall–Kier alpha value is -1.32. The van der Waals surface area contributed by atoms with E-state index in [4.69, 9.17) is 5.73 Å². The van der Waals surface area contributed by atoms with Gasteiger partial charge in [-0.2, -0.15) is 0 Å². The average Bonchev–Trinajstić information content (AvgIpc) is 2.00. The molecular formula is C8H14N2O2. The summed E-state index contributed by atoms with van der Waals surface area (Å²) in [6.07, 6.45) is 1.72. The zero-order valence-corrected chi connectivity index (χ0v) is 7.17. The molecule has 0 heterocycles. The van der Waals surface area contributed by atoms with E-state index in [0.717, 1.165) is 0 Å². The number of hydrogen-bond acceptors (Lipinski definition) is 2. The molecule has 0 aliphatic rings. The first-order valence-electron chi connectivity index (χ1n) is 3.74. The normalized spacial score (nSPS) is 11.8. The summed E-state index contributed by atoms with van der Waals surface area (Å²) < 4.78 is 0. The van der Waals surface area contributed by atoms with Gasteiger partial charge in [-0.15, -0.1) is 6.58 Å². The van der Waals surface area contributed by atoms with E-state index < -0.39 is 11.8 Å². The fourth-order valence-corrected chi connectivity index (χ4v) is 0.637. The van der Waals surface area contributed by atoms with Crippen molar-refractivity contribution in [2.24, 2.45) is 11.7 Å². The van der Waals surface area contributed by atoms with Gasteiger partial charge in [0, 0.05) is 18.9 Å². The molecule has 0 aromatic rings. The number of nitrogens with two attached hydrogens (primary N) is 1. The number of nitrogens with one attached hydrogen (secondary N) is 1. The highest BCUT2D eigenvalue weighted by molar-refractivity contribution is 5.84. The van der Waals surface area contributed by atoms with Gasteiger partial charge in [-0.25, -0.2) is 0 Å². The Labute approximate surface area is 71.8 Å². The van der Waals surface area contributed by atoms with E-state index in [1.54, 1.807) is 13.0 Å². The molecule has 0 saturated heterocycles. The van der Waals surface area contributed by atoms with E-state index in [-0.39, 0.29) is 12.3 Å². The third-order valence-corrected chi connectivity index (χ3v) is 1.42. The molecule has 0 aromatic heterocycles. The molecule has 0 fully saturated rings. The van der Waals surface area contributed by atoms with Crippen molar-refractivity contribution in [1.29, 1.82) is 0 Å². The maximum atomic E-state index is 11.0. The fraction of sp³-hybridized carbons (Fsp3) is 0.500. The minimum atomic E-state index is -0.455. The lowest BCUT2D eigenvalue weighted by atomic mass is 10.1. The van der Waals surface area contributed by atoms with Crippen molar-refractivity contribution in [3.8, 4) is 0 Å². The molecule has 68 valence electrons. The van der Waals surface area contributed by atoms with E-state index in [1.165, 1.54) is 0 Å². The molecule has 2 amide bonds. The van der Waals surface area contributed by atoms with Crippen LogP contribution in [0.5, 0.6) is 0 Å². The molecule has 3 N–H and O–H groups in total. The van der Waals surface area contributed by atoms with Gasteiger partial charge in [0.05, 0.1) is 0 Å². The molecule has 4 nitrogen and oxygen atoms in total.